The largest absolute Gasteiger partial charge is 0.490 e. The van der Waals surface area contributed by atoms with Crippen LogP contribution in [0.3, 0.4) is 0 Å². The third kappa shape index (κ3) is 5.80. The van der Waals surface area contributed by atoms with E-state index < -0.39 is 12.1 Å². The second-order valence-corrected chi connectivity index (χ2v) is 7.69. The molecule has 0 aliphatic carbocycles. The number of carboxylic acids is 1. The number of piperazine rings is 1. The molecule has 0 bridgehead atoms. The number of carbonyl (C=O) groups excluding carboxylic acids is 1. The van der Waals surface area contributed by atoms with Crippen molar-refractivity contribution in [2.24, 2.45) is 0 Å². The monoisotopic (exact) mass is 464 g/mol. The summed E-state index contributed by atoms with van der Waals surface area (Å²) >= 11 is 0. The second-order valence-electron chi connectivity index (χ2n) is 7.69. The van der Waals surface area contributed by atoms with Gasteiger partial charge in [0.25, 0.3) is 11.5 Å². The van der Waals surface area contributed by atoms with Gasteiger partial charge >= 0.3 is 12.1 Å². The number of benzene rings is 2. The first-order chi connectivity index (χ1) is 15.6. The molecule has 8 nitrogen and oxygen atoms in total. The molecule has 1 aliphatic heterocycles. The molecule has 1 unspecified atom stereocenters. The van der Waals surface area contributed by atoms with Crippen molar-refractivity contribution in [3.8, 4) is 0 Å². The maximum absolute atomic E-state index is 13.1. The van der Waals surface area contributed by atoms with Crippen molar-refractivity contribution >= 4 is 22.8 Å². The first-order valence-corrected chi connectivity index (χ1v) is 10.1. The number of likely N-dealkylation sites (N-methyl/N-ethyl adjacent to an activating group) is 1. The number of carbonyl (C=O) groups is 2. The van der Waals surface area contributed by atoms with Crippen molar-refractivity contribution in [2.45, 2.75) is 18.6 Å². The summed E-state index contributed by atoms with van der Waals surface area (Å²) in [7, 11) is 2.10. The lowest BCUT2D eigenvalue weighted by Crippen LogP contribution is -2.54. The number of nitrogens with one attached hydrogen (secondary N) is 2. The van der Waals surface area contributed by atoms with E-state index in [0.717, 1.165) is 13.0 Å². The van der Waals surface area contributed by atoms with Crippen LogP contribution in [0.1, 0.15) is 15.9 Å². The third-order valence-corrected chi connectivity index (χ3v) is 5.45. The van der Waals surface area contributed by atoms with E-state index in [2.05, 4.69) is 34.3 Å². The topological polar surface area (TPSA) is 110 Å². The summed E-state index contributed by atoms with van der Waals surface area (Å²) in [4.78, 5) is 38.3. The Hall–Kier alpha value is -3.60. The summed E-state index contributed by atoms with van der Waals surface area (Å²) in [5.41, 5.74) is 2.14. The van der Waals surface area contributed by atoms with Crippen LogP contribution < -0.4 is 5.56 Å². The van der Waals surface area contributed by atoms with Crippen molar-refractivity contribution in [2.75, 3.05) is 26.7 Å². The van der Waals surface area contributed by atoms with E-state index >= 15 is 0 Å². The molecule has 2 aromatic carbocycles. The van der Waals surface area contributed by atoms with Crippen LogP contribution in [0.4, 0.5) is 13.2 Å². The standard InChI is InChI=1S/C20H22N4O2.C2HF3O2/c1-23-10-11-24(13-15(23)12-14-6-3-2-4-7-14)20(26)16-8-5-9-17-18(16)19(25)22-21-17;3-2(4,5)1(6)7/h2-9,15H,10-13H2,1H3,(H2,21,22,25);(H,6,7). The maximum atomic E-state index is 13.1. The number of hydrogen-bond acceptors (Lipinski definition) is 4. The van der Waals surface area contributed by atoms with Gasteiger partial charge in [-0.25, -0.2) is 4.79 Å². The Morgan fingerprint density at radius 3 is 2.36 bits per heavy atom. The van der Waals surface area contributed by atoms with Gasteiger partial charge in [0.1, 0.15) is 0 Å². The quantitative estimate of drug-likeness (QED) is 0.552. The fraction of sp³-hybridized carbons (Fsp3) is 0.318. The Morgan fingerprint density at radius 1 is 1.06 bits per heavy atom. The molecule has 1 saturated heterocycles. The number of aromatic amines is 2. The molecule has 0 radical (unpaired) electrons. The van der Waals surface area contributed by atoms with Crippen molar-refractivity contribution in [3.05, 3.63) is 70.0 Å². The van der Waals surface area contributed by atoms with Crippen molar-refractivity contribution in [1.82, 2.24) is 20.0 Å². The van der Waals surface area contributed by atoms with Crippen LogP contribution >= 0.6 is 0 Å². The number of fused-ring (bicyclic) bond motifs is 1. The highest BCUT2D eigenvalue weighted by atomic mass is 19.4. The summed E-state index contributed by atoms with van der Waals surface area (Å²) in [6, 6.07) is 15.9. The Labute approximate surface area is 186 Å². The van der Waals surface area contributed by atoms with Gasteiger partial charge in [-0.2, -0.15) is 13.2 Å². The Morgan fingerprint density at radius 2 is 1.73 bits per heavy atom. The normalized spacial score (nSPS) is 16.8. The van der Waals surface area contributed by atoms with Gasteiger partial charge < -0.3 is 10.0 Å². The molecule has 1 atom stereocenters. The highest BCUT2D eigenvalue weighted by Gasteiger charge is 2.38. The smallest absolute Gasteiger partial charge is 0.475 e. The third-order valence-electron chi connectivity index (χ3n) is 5.45. The van der Waals surface area contributed by atoms with E-state index in [9.17, 15) is 22.8 Å². The number of carboxylic acid groups (broad SMARTS) is 1. The average Bonchev–Trinajstić information content (AvgIpc) is 3.16. The van der Waals surface area contributed by atoms with Crippen LogP contribution in [0.2, 0.25) is 0 Å². The molecule has 0 saturated carbocycles. The van der Waals surface area contributed by atoms with Gasteiger partial charge in [-0.3, -0.25) is 24.7 Å². The van der Waals surface area contributed by atoms with Gasteiger partial charge in [-0.15, -0.1) is 0 Å². The summed E-state index contributed by atoms with van der Waals surface area (Å²) < 4.78 is 31.7. The Kier molecular flexibility index (Phi) is 7.22. The van der Waals surface area contributed by atoms with Crippen LogP contribution in [0, 0.1) is 0 Å². The Bertz CT molecular complexity index is 1170. The van der Waals surface area contributed by atoms with Gasteiger partial charge in [0.05, 0.1) is 16.5 Å². The molecule has 2 heterocycles. The predicted octanol–water partition coefficient (Wildman–Crippen LogP) is 2.49. The average molecular weight is 464 g/mol. The van der Waals surface area contributed by atoms with Gasteiger partial charge in [0.2, 0.25) is 0 Å². The van der Waals surface area contributed by atoms with E-state index in [1.165, 1.54) is 5.56 Å². The zero-order valence-corrected chi connectivity index (χ0v) is 17.7. The van der Waals surface area contributed by atoms with Gasteiger partial charge in [0.15, 0.2) is 0 Å². The number of aromatic nitrogens is 2. The van der Waals surface area contributed by atoms with Gasteiger partial charge in [0, 0.05) is 25.7 Å². The van der Waals surface area contributed by atoms with Crippen molar-refractivity contribution in [1.29, 1.82) is 0 Å². The first-order valence-electron chi connectivity index (χ1n) is 10.1. The first kappa shape index (κ1) is 24.1. The number of alkyl halides is 3. The van der Waals surface area contributed by atoms with Crippen LogP contribution in [-0.4, -0.2) is 75.9 Å². The second kappa shape index (κ2) is 9.90. The minimum Gasteiger partial charge on any atom is -0.475 e. The maximum Gasteiger partial charge on any atom is 0.490 e. The van der Waals surface area contributed by atoms with Crippen LogP contribution in [0.25, 0.3) is 10.9 Å². The number of halogens is 3. The highest BCUT2D eigenvalue weighted by molar-refractivity contribution is 6.06. The minimum absolute atomic E-state index is 0.0770. The predicted molar refractivity (Wildman–Crippen MR) is 115 cm³/mol. The molecule has 11 heteroatoms. The molecule has 3 aromatic rings. The van der Waals surface area contributed by atoms with E-state index in [1.807, 2.05) is 23.1 Å². The molecule has 1 amide bonds. The number of aliphatic carboxylic acids is 1. The molecule has 176 valence electrons. The van der Waals surface area contributed by atoms with E-state index in [-0.39, 0.29) is 17.5 Å². The molecular weight excluding hydrogens is 441 g/mol. The zero-order valence-electron chi connectivity index (χ0n) is 17.7. The van der Waals surface area contributed by atoms with Crippen LogP contribution in [0.5, 0.6) is 0 Å². The van der Waals surface area contributed by atoms with Crippen LogP contribution in [-0.2, 0) is 11.2 Å². The lowest BCUT2D eigenvalue weighted by molar-refractivity contribution is -0.192. The fourth-order valence-electron chi connectivity index (χ4n) is 3.67. The SMILES string of the molecule is CN1CCN(C(=O)c2cccc3[nH][nH]c(=O)c23)CC1Cc1ccccc1.O=C(O)C(F)(F)F. The lowest BCUT2D eigenvalue weighted by Gasteiger charge is -2.39. The fourth-order valence-corrected chi connectivity index (χ4v) is 3.67. The summed E-state index contributed by atoms with van der Waals surface area (Å²) in [5.74, 6) is -2.83. The molecular formula is C22H23F3N4O4. The van der Waals surface area contributed by atoms with E-state index in [0.29, 0.717) is 29.6 Å². The molecule has 0 spiro atoms. The highest BCUT2D eigenvalue weighted by Crippen LogP contribution is 2.19. The summed E-state index contributed by atoms with van der Waals surface area (Å²) in [5, 5.41) is 12.9. The molecule has 1 fully saturated rings. The summed E-state index contributed by atoms with van der Waals surface area (Å²) in [6.45, 7) is 2.14. The van der Waals surface area contributed by atoms with Crippen LogP contribution in [0.15, 0.2) is 53.3 Å². The molecule has 1 aromatic heterocycles. The Balaban J connectivity index is 0.000000383. The number of nitrogens with zero attached hydrogens (tertiary/aromatic N) is 2. The number of hydrogen-bond donors (Lipinski definition) is 3. The zero-order chi connectivity index (χ0) is 24.2. The van der Waals surface area contributed by atoms with Crippen molar-refractivity contribution < 1.29 is 27.9 Å². The van der Waals surface area contributed by atoms with Gasteiger partial charge in [-0.1, -0.05) is 36.4 Å². The number of rotatable bonds is 3. The minimum atomic E-state index is -5.08. The van der Waals surface area contributed by atoms with Crippen molar-refractivity contribution in [3.63, 3.8) is 0 Å². The van der Waals surface area contributed by atoms with Gasteiger partial charge in [-0.05, 0) is 31.2 Å². The van der Waals surface area contributed by atoms with E-state index in [1.54, 1.807) is 18.2 Å². The number of H-pyrrole nitrogens is 2. The molecule has 1 aliphatic rings. The molecule has 3 N–H and O–H groups in total. The summed E-state index contributed by atoms with van der Waals surface area (Å²) in [6.07, 6.45) is -4.18. The lowest BCUT2D eigenvalue weighted by atomic mass is 10.0. The van der Waals surface area contributed by atoms with E-state index in [4.69, 9.17) is 9.90 Å². The number of amides is 1. The molecule has 33 heavy (non-hydrogen) atoms. The molecule has 4 rings (SSSR count).